The summed E-state index contributed by atoms with van der Waals surface area (Å²) in [6.07, 6.45) is 1.06. The highest BCUT2D eigenvalue weighted by molar-refractivity contribution is 5.46. The zero-order chi connectivity index (χ0) is 14.4. The maximum Gasteiger partial charge on any atom is 0.119 e. The van der Waals surface area contributed by atoms with Crippen molar-refractivity contribution in [1.29, 1.82) is 0 Å². The fourth-order valence-electron chi connectivity index (χ4n) is 2.23. The second kappa shape index (κ2) is 6.99. The monoisotopic (exact) mass is 269 g/mol. The van der Waals surface area contributed by atoms with E-state index < -0.39 is 0 Å². The van der Waals surface area contributed by atoms with Crippen LogP contribution >= 0.6 is 0 Å². The van der Waals surface area contributed by atoms with Gasteiger partial charge in [0.15, 0.2) is 0 Å². The lowest BCUT2D eigenvalue weighted by Crippen LogP contribution is -2.15. The summed E-state index contributed by atoms with van der Waals surface area (Å²) in [7, 11) is 0. The van der Waals surface area contributed by atoms with Gasteiger partial charge in [0.2, 0.25) is 0 Å². The third-order valence-corrected chi connectivity index (χ3v) is 2.99. The van der Waals surface area contributed by atoms with Crippen molar-refractivity contribution >= 4 is 5.69 Å². The van der Waals surface area contributed by atoms with Gasteiger partial charge in [0.05, 0.1) is 6.10 Å². The SMILES string of the molecule is CC(C)Nc1cccc(CC(C)Oc2ccccc2)c1. The standard InChI is InChI=1S/C18H23NO/c1-14(2)19-17-9-7-8-16(13-17)12-15(3)20-18-10-5-4-6-11-18/h4-11,13-15,19H,12H2,1-3H3. The van der Waals surface area contributed by atoms with E-state index in [0.29, 0.717) is 6.04 Å². The Balaban J connectivity index is 1.95. The number of nitrogens with one attached hydrogen (secondary N) is 1. The highest BCUT2D eigenvalue weighted by Gasteiger charge is 2.06. The summed E-state index contributed by atoms with van der Waals surface area (Å²) in [6.45, 7) is 6.40. The van der Waals surface area contributed by atoms with Crippen LogP contribution in [0.3, 0.4) is 0 Å². The first-order valence-corrected chi connectivity index (χ1v) is 7.20. The first-order chi connectivity index (χ1) is 9.63. The van der Waals surface area contributed by atoms with Gasteiger partial charge in [-0.15, -0.1) is 0 Å². The van der Waals surface area contributed by atoms with Gasteiger partial charge in [-0.2, -0.15) is 0 Å². The normalized spacial score (nSPS) is 12.2. The molecule has 0 heterocycles. The smallest absolute Gasteiger partial charge is 0.119 e. The molecule has 2 heteroatoms. The molecule has 106 valence electrons. The van der Waals surface area contributed by atoms with Gasteiger partial charge in [-0.25, -0.2) is 0 Å². The van der Waals surface area contributed by atoms with Gasteiger partial charge in [0, 0.05) is 18.2 Å². The van der Waals surface area contributed by atoms with Crippen LogP contribution in [0.1, 0.15) is 26.3 Å². The molecule has 1 N–H and O–H groups in total. The summed E-state index contributed by atoms with van der Waals surface area (Å²) >= 11 is 0. The Morgan fingerprint density at radius 1 is 0.950 bits per heavy atom. The number of hydrogen-bond acceptors (Lipinski definition) is 2. The molecule has 0 spiro atoms. The van der Waals surface area contributed by atoms with E-state index in [-0.39, 0.29) is 6.10 Å². The summed E-state index contributed by atoms with van der Waals surface area (Å²) in [5.74, 6) is 0.927. The predicted molar refractivity (Wildman–Crippen MR) is 85.4 cm³/mol. The van der Waals surface area contributed by atoms with E-state index in [9.17, 15) is 0 Å². The van der Waals surface area contributed by atoms with Crippen molar-refractivity contribution in [1.82, 2.24) is 0 Å². The van der Waals surface area contributed by atoms with E-state index >= 15 is 0 Å². The van der Waals surface area contributed by atoms with Gasteiger partial charge in [-0.3, -0.25) is 0 Å². The van der Waals surface area contributed by atoms with Crippen LogP contribution in [0.4, 0.5) is 5.69 Å². The van der Waals surface area contributed by atoms with E-state index in [1.165, 1.54) is 11.3 Å². The summed E-state index contributed by atoms with van der Waals surface area (Å²) in [6, 6.07) is 19.0. The lowest BCUT2D eigenvalue weighted by Gasteiger charge is -2.16. The van der Waals surface area contributed by atoms with Crippen LogP contribution in [0.2, 0.25) is 0 Å². The lowest BCUT2D eigenvalue weighted by molar-refractivity contribution is 0.222. The first-order valence-electron chi connectivity index (χ1n) is 7.20. The molecule has 1 unspecified atom stereocenters. The number of anilines is 1. The fraction of sp³-hybridized carbons (Fsp3) is 0.333. The van der Waals surface area contributed by atoms with Crippen LogP contribution in [0, 0.1) is 0 Å². The van der Waals surface area contributed by atoms with Crippen molar-refractivity contribution in [2.75, 3.05) is 5.32 Å². The molecule has 0 aromatic heterocycles. The molecule has 2 nitrogen and oxygen atoms in total. The highest BCUT2D eigenvalue weighted by Crippen LogP contribution is 2.16. The first kappa shape index (κ1) is 14.4. The highest BCUT2D eigenvalue weighted by atomic mass is 16.5. The molecule has 0 radical (unpaired) electrons. The van der Waals surface area contributed by atoms with Crippen LogP contribution in [0.25, 0.3) is 0 Å². The minimum Gasteiger partial charge on any atom is -0.490 e. The topological polar surface area (TPSA) is 21.3 Å². The Bertz CT molecular complexity index is 522. The molecule has 1 atom stereocenters. The van der Waals surface area contributed by atoms with Crippen LogP contribution in [0.5, 0.6) is 5.75 Å². The van der Waals surface area contributed by atoms with Gasteiger partial charge in [-0.05, 0) is 50.6 Å². The largest absolute Gasteiger partial charge is 0.490 e. The zero-order valence-corrected chi connectivity index (χ0v) is 12.5. The molecule has 0 bridgehead atoms. The summed E-state index contributed by atoms with van der Waals surface area (Å²) in [5, 5.41) is 3.43. The quantitative estimate of drug-likeness (QED) is 0.832. The maximum atomic E-state index is 5.92. The number of para-hydroxylation sites is 1. The number of benzene rings is 2. The second-order valence-corrected chi connectivity index (χ2v) is 5.45. The molecule has 0 aliphatic rings. The van der Waals surface area contributed by atoms with Crippen molar-refractivity contribution < 1.29 is 4.74 Å². The summed E-state index contributed by atoms with van der Waals surface area (Å²) in [5.41, 5.74) is 2.46. The predicted octanol–water partition coefficient (Wildman–Crippen LogP) is 4.52. The summed E-state index contributed by atoms with van der Waals surface area (Å²) in [4.78, 5) is 0. The average molecular weight is 269 g/mol. The molecular weight excluding hydrogens is 246 g/mol. The van der Waals surface area contributed by atoms with Crippen LogP contribution < -0.4 is 10.1 Å². The van der Waals surface area contributed by atoms with E-state index in [1.807, 2.05) is 30.3 Å². The Morgan fingerprint density at radius 3 is 2.40 bits per heavy atom. The average Bonchev–Trinajstić information content (AvgIpc) is 2.39. The van der Waals surface area contributed by atoms with Crippen molar-refractivity contribution in [3.8, 4) is 5.75 Å². The Morgan fingerprint density at radius 2 is 1.70 bits per heavy atom. The van der Waals surface area contributed by atoms with E-state index in [1.54, 1.807) is 0 Å². The Labute approximate surface area is 121 Å². The van der Waals surface area contributed by atoms with Crippen molar-refractivity contribution in [2.45, 2.75) is 39.3 Å². The molecule has 20 heavy (non-hydrogen) atoms. The minimum atomic E-state index is 0.159. The Kier molecular flexibility index (Phi) is 5.05. The number of ether oxygens (including phenoxy) is 1. The number of rotatable bonds is 6. The molecule has 2 aromatic carbocycles. The zero-order valence-electron chi connectivity index (χ0n) is 12.5. The number of hydrogen-bond donors (Lipinski definition) is 1. The van der Waals surface area contributed by atoms with Gasteiger partial charge in [-0.1, -0.05) is 30.3 Å². The molecule has 0 fully saturated rings. The third-order valence-electron chi connectivity index (χ3n) is 2.99. The van der Waals surface area contributed by atoms with Crippen LogP contribution in [-0.4, -0.2) is 12.1 Å². The maximum absolute atomic E-state index is 5.92. The van der Waals surface area contributed by atoms with Crippen molar-refractivity contribution in [2.24, 2.45) is 0 Å². The van der Waals surface area contributed by atoms with Crippen molar-refractivity contribution in [3.05, 3.63) is 60.2 Å². The van der Waals surface area contributed by atoms with Crippen LogP contribution in [0.15, 0.2) is 54.6 Å². The van der Waals surface area contributed by atoms with Gasteiger partial charge >= 0.3 is 0 Å². The van der Waals surface area contributed by atoms with Gasteiger partial charge < -0.3 is 10.1 Å². The van der Waals surface area contributed by atoms with Crippen LogP contribution in [-0.2, 0) is 6.42 Å². The summed E-state index contributed by atoms with van der Waals surface area (Å²) < 4.78 is 5.92. The van der Waals surface area contributed by atoms with E-state index in [4.69, 9.17) is 4.74 Å². The molecule has 0 aliphatic carbocycles. The Hall–Kier alpha value is -1.96. The lowest BCUT2D eigenvalue weighted by atomic mass is 10.1. The third kappa shape index (κ3) is 4.61. The molecule has 0 saturated heterocycles. The fourth-order valence-corrected chi connectivity index (χ4v) is 2.23. The van der Waals surface area contributed by atoms with E-state index in [2.05, 4.69) is 50.4 Å². The molecular formula is C18H23NO. The molecule has 0 saturated carbocycles. The molecule has 0 aliphatic heterocycles. The van der Waals surface area contributed by atoms with Gasteiger partial charge in [0.1, 0.15) is 5.75 Å². The van der Waals surface area contributed by atoms with Crippen molar-refractivity contribution in [3.63, 3.8) is 0 Å². The second-order valence-electron chi connectivity index (χ2n) is 5.45. The molecule has 2 aromatic rings. The minimum absolute atomic E-state index is 0.159. The van der Waals surface area contributed by atoms with E-state index in [0.717, 1.165) is 12.2 Å². The van der Waals surface area contributed by atoms with Gasteiger partial charge in [0.25, 0.3) is 0 Å². The molecule has 0 amide bonds. The molecule has 2 rings (SSSR count).